The first-order chi connectivity index (χ1) is 9.61. The SMILES string of the molecule is Cc1ccnc(Oc2ccccc2CC(=O)O)c1C#N. The van der Waals surface area contributed by atoms with E-state index in [0.29, 0.717) is 16.9 Å². The molecule has 0 aliphatic carbocycles. The molecule has 0 saturated heterocycles. The van der Waals surface area contributed by atoms with Crippen LogP contribution in [0, 0.1) is 18.3 Å². The lowest BCUT2D eigenvalue weighted by molar-refractivity contribution is -0.136. The summed E-state index contributed by atoms with van der Waals surface area (Å²) >= 11 is 0. The molecular weight excluding hydrogens is 256 g/mol. The van der Waals surface area contributed by atoms with Crippen LogP contribution in [0.5, 0.6) is 11.6 Å². The third-order valence-electron chi connectivity index (χ3n) is 2.76. The van der Waals surface area contributed by atoms with Gasteiger partial charge in [-0.2, -0.15) is 5.26 Å². The van der Waals surface area contributed by atoms with E-state index in [1.807, 2.05) is 6.07 Å². The number of nitriles is 1. The number of hydrogen-bond acceptors (Lipinski definition) is 4. The lowest BCUT2D eigenvalue weighted by Gasteiger charge is -2.10. The Morgan fingerprint density at radius 2 is 2.15 bits per heavy atom. The quantitative estimate of drug-likeness (QED) is 0.921. The number of aromatic nitrogens is 1. The number of ether oxygens (including phenoxy) is 1. The van der Waals surface area contributed by atoms with Crippen LogP contribution in [-0.4, -0.2) is 16.1 Å². The van der Waals surface area contributed by atoms with Crippen molar-refractivity contribution in [3.8, 4) is 17.7 Å². The van der Waals surface area contributed by atoms with Crippen molar-refractivity contribution >= 4 is 5.97 Å². The van der Waals surface area contributed by atoms with Crippen molar-refractivity contribution in [1.29, 1.82) is 5.26 Å². The first-order valence-corrected chi connectivity index (χ1v) is 5.95. The summed E-state index contributed by atoms with van der Waals surface area (Å²) in [5.74, 6) is -0.367. The molecule has 2 aromatic rings. The van der Waals surface area contributed by atoms with Crippen LogP contribution in [0.3, 0.4) is 0 Å². The summed E-state index contributed by atoms with van der Waals surface area (Å²) in [6.07, 6.45) is 1.40. The van der Waals surface area contributed by atoms with Crippen LogP contribution in [0.1, 0.15) is 16.7 Å². The Hall–Kier alpha value is -2.87. The molecule has 2 rings (SSSR count). The number of benzene rings is 1. The molecule has 0 unspecified atom stereocenters. The van der Waals surface area contributed by atoms with Crippen LogP contribution >= 0.6 is 0 Å². The maximum atomic E-state index is 10.8. The molecule has 0 spiro atoms. The number of para-hydroxylation sites is 1. The molecule has 0 bridgehead atoms. The van der Waals surface area contributed by atoms with Gasteiger partial charge in [0.15, 0.2) is 0 Å². The highest BCUT2D eigenvalue weighted by atomic mass is 16.5. The summed E-state index contributed by atoms with van der Waals surface area (Å²) in [5, 5.41) is 18.0. The lowest BCUT2D eigenvalue weighted by atomic mass is 10.1. The fourth-order valence-electron chi connectivity index (χ4n) is 1.76. The molecule has 1 aromatic heterocycles. The summed E-state index contributed by atoms with van der Waals surface area (Å²) in [6, 6.07) is 10.6. The van der Waals surface area contributed by atoms with Crippen molar-refractivity contribution in [3.63, 3.8) is 0 Å². The second-order valence-electron chi connectivity index (χ2n) is 4.20. The fourth-order valence-corrected chi connectivity index (χ4v) is 1.76. The van der Waals surface area contributed by atoms with Crippen LogP contribution in [0.25, 0.3) is 0 Å². The first kappa shape index (κ1) is 13.6. The van der Waals surface area contributed by atoms with Gasteiger partial charge in [-0.25, -0.2) is 4.98 Å². The summed E-state index contributed by atoms with van der Waals surface area (Å²) in [6.45, 7) is 1.79. The topological polar surface area (TPSA) is 83.2 Å². The van der Waals surface area contributed by atoms with Gasteiger partial charge in [0, 0.05) is 11.8 Å². The van der Waals surface area contributed by atoms with E-state index in [1.165, 1.54) is 0 Å². The predicted molar refractivity (Wildman–Crippen MR) is 71.5 cm³/mol. The molecule has 0 atom stereocenters. The van der Waals surface area contributed by atoms with Crippen molar-refractivity contribution in [2.24, 2.45) is 0 Å². The highest BCUT2D eigenvalue weighted by molar-refractivity contribution is 5.71. The van der Waals surface area contributed by atoms with Crippen molar-refractivity contribution in [2.45, 2.75) is 13.3 Å². The predicted octanol–water partition coefficient (Wildman–Crippen LogP) is 2.68. The van der Waals surface area contributed by atoms with E-state index in [4.69, 9.17) is 15.1 Å². The van der Waals surface area contributed by atoms with Crippen LogP contribution in [0.4, 0.5) is 0 Å². The lowest BCUT2D eigenvalue weighted by Crippen LogP contribution is -2.03. The fraction of sp³-hybridized carbons (Fsp3) is 0.133. The van der Waals surface area contributed by atoms with Crippen LogP contribution in [-0.2, 0) is 11.2 Å². The van der Waals surface area contributed by atoms with Gasteiger partial charge in [0.05, 0.1) is 6.42 Å². The minimum absolute atomic E-state index is 0.149. The molecule has 100 valence electrons. The Morgan fingerprint density at radius 1 is 1.40 bits per heavy atom. The van der Waals surface area contributed by atoms with Gasteiger partial charge < -0.3 is 9.84 Å². The minimum Gasteiger partial charge on any atom is -0.481 e. The van der Waals surface area contributed by atoms with Crippen molar-refractivity contribution in [1.82, 2.24) is 4.98 Å². The normalized spacial score (nSPS) is 9.80. The molecule has 5 heteroatoms. The van der Waals surface area contributed by atoms with Gasteiger partial charge in [0.1, 0.15) is 17.4 Å². The molecule has 0 aliphatic heterocycles. The summed E-state index contributed by atoms with van der Waals surface area (Å²) in [7, 11) is 0. The molecule has 0 aliphatic rings. The Bertz CT molecular complexity index is 690. The zero-order valence-corrected chi connectivity index (χ0v) is 10.8. The molecule has 0 saturated carbocycles. The van der Waals surface area contributed by atoms with E-state index in [-0.39, 0.29) is 12.3 Å². The van der Waals surface area contributed by atoms with E-state index in [9.17, 15) is 4.79 Å². The number of nitrogens with zero attached hydrogens (tertiary/aromatic N) is 2. The highest BCUT2D eigenvalue weighted by Gasteiger charge is 2.12. The minimum atomic E-state index is -0.946. The van der Waals surface area contributed by atoms with E-state index in [2.05, 4.69) is 4.98 Å². The molecule has 1 aromatic carbocycles. The van der Waals surface area contributed by atoms with Gasteiger partial charge in [-0.1, -0.05) is 18.2 Å². The second kappa shape index (κ2) is 5.85. The van der Waals surface area contributed by atoms with Gasteiger partial charge in [-0.3, -0.25) is 4.79 Å². The number of aliphatic carboxylic acids is 1. The standard InChI is InChI=1S/C15H12N2O3/c1-10-6-7-17-15(12(10)9-16)20-13-5-3-2-4-11(13)8-14(18)19/h2-7H,8H2,1H3,(H,18,19). The van der Waals surface area contributed by atoms with E-state index in [0.717, 1.165) is 5.56 Å². The summed E-state index contributed by atoms with van der Waals surface area (Å²) in [4.78, 5) is 14.9. The number of hydrogen-bond donors (Lipinski definition) is 1. The van der Waals surface area contributed by atoms with Gasteiger partial charge in [-0.05, 0) is 24.6 Å². The van der Waals surface area contributed by atoms with Crippen molar-refractivity contribution in [3.05, 3.63) is 53.2 Å². The first-order valence-electron chi connectivity index (χ1n) is 5.95. The molecular formula is C15H12N2O3. The number of carboxylic acids is 1. The van der Waals surface area contributed by atoms with Crippen molar-refractivity contribution < 1.29 is 14.6 Å². The number of aryl methyl sites for hydroxylation is 1. The van der Waals surface area contributed by atoms with Gasteiger partial charge in [0.2, 0.25) is 5.88 Å². The smallest absolute Gasteiger partial charge is 0.307 e. The Kier molecular flexibility index (Phi) is 3.96. The summed E-state index contributed by atoms with van der Waals surface area (Å²) in [5.41, 5.74) is 1.64. The number of carboxylic acid groups (broad SMARTS) is 1. The van der Waals surface area contributed by atoms with E-state index in [1.54, 1.807) is 43.5 Å². The zero-order valence-electron chi connectivity index (χ0n) is 10.8. The number of rotatable bonds is 4. The third kappa shape index (κ3) is 2.93. The Morgan fingerprint density at radius 3 is 2.85 bits per heavy atom. The van der Waals surface area contributed by atoms with E-state index >= 15 is 0 Å². The maximum Gasteiger partial charge on any atom is 0.307 e. The molecule has 5 nitrogen and oxygen atoms in total. The average Bonchev–Trinajstić information content (AvgIpc) is 2.41. The van der Waals surface area contributed by atoms with Crippen molar-refractivity contribution in [2.75, 3.05) is 0 Å². The monoisotopic (exact) mass is 268 g/mol. The molecule has 1 heterocycles. The van der Waals surface area contributed by atoms with Crippen LogP contribution in [0.15, 0.2) is 36.5 Å². The molecule has 20 heavy (non-hydrogen) atoms. The van der Waals surface area contributed by atoms with Crippen LogP contribution in [0.2, 0.25) is 0 Å². The van der Waals surface area contributed by atoms with E-state index < -0.39 is 5.97 Å². The maximum absolute atomic E-state index is 10.8. The second-order valence-corrected chi connectivity index (χ2v) is 4.20. The number of carbonyl (C=O) groups is 1. The van der Waals surface area contributed by atoms with Gasteiger partial charge in [0.25, 0.3) is 0 Å². The third-order valence-corrected chi connectivity index (χ3v) is 2.76. The highest BCUT2D eigenvalue weighted by Crippen LogP contribution is 2.27. The average molecular weight is 268 g/mol. The van der Waals surface area contributed by atoms with Gasteiger partial charge >= 0.3 is 5.97 Å². The molecule has 0 fully saturated rings. The molecule has 0 radical (unpaired) electrons. The van der Waals surface area contributed by atoms with Crippen LogP contribution < -0.4 is 4.74 Å². The zero-order chi connectivity index (χ0) is 14.5. The summed E-state index contributed by atoms with van der Waals surface area (Å²) < 4.78 is 5.62. The largest absolute Gasteiger partial charge is 0.481 e. The number of pyridine rings is 1. The molecule has 1 N–H and O–H groups in total. The molecule has 0 amide bonds. The Labute approximate surface area is 116 Å². The van der Waals surface area contributed by atoms with Gasteiger partial charge in [-0.15, -0.1) is 0 Å². The Balaban J connectivity index is 2.38.